The summed E-state index contributed by atoms with van der Waals surface area (Å²) in [6.07, 6.45) is 17.9. The van der Waals surface area contributed by atoms with Gasteiger partial charge >= 0.3 is 5.97 Å². The average molecular weight is 471 g/mol. The highest BCUT2D eigenvalue weighted by atomic mass is 16.8. The standard InChI is InChI=1S/C26H46O7/c1-2-3-4-5-6-7-8-9-10-11-12-13-14-15-16-17-23(29)33-24-22(28)20-30-25(24)26(21-27)31-18-19-32-26/h9-10,22,24-25,27-28H,2-8,11-21H2,1H3/b10-9+/t22-,24+,25-/m0/s1. The Morgan fingerprint density at radius 1 is 0.939 bits per heavy atom. The number of allylic oxidation sites excluding steroid dienone is 2. The van der Waals surface area contributed by atoms with Crippen LogP contribution in [-0.4, -0.2) is 66.7 Å². The fraction of sp³-hybridized carbons (Fsp3) is 0.885. The van der Waals surface area contributed by atoms with Crippen LogP contribution in [0.15, 0.2) is 12.2 Å². The molecule has 0 radical (unpaired) electrons. The van der Waals surface area contributed by atoms with Crippen LogP contribution in [0.1, 0.15) is 96.8 Å². The van der Waals surface area contributed by atoms with E-state index in [0.717, 1.165) is 25.7 Å². The SMILES string of the molecule is CCCCCCCC/C=C/CCCCCCCC(=O)O[C@@H]1[C@@H](O)CO[C@@H]1C1(CO)OCCO1. The van der Waals surface area contributed by atoms with E-state index < -0.39 is 30.7 Å². The fourth-order valence-electron chi connectivity index (χ4n) is 4.48. The Morgan fingerprint density at radius 2 is 1.52 bits per heavy atom. The minimum Gasteiger partial charge on any atom is -0.456 e. The van der Waals surface area contributed by atoms with Crippen molar-refractivity contribution in [1.29, 1.82) is 0 Å². The molecule has 2 N–H and O–H groups in total. The molecule has 3 atom stereocenters. The first-order valence-corrected chi connectivity index (χ1v) is 13.2. The zero-order valence-corrected chi connectivity index (χ0v) is 20.6. The van der Waals surface area contributed by atoms with Crippen LogP contribution < -0.4 is 0 Å². The van der Waals surface area contributed by atoms with E-state index in [0.29, 0.717) is 19.6 Å². The Kier molecular flexibility index (Phi) is 14.2. The Balaban J connectivity index is 1.49. The zero-order valence-electron chi connectivity index (χ0n) is 20.6. The maximum absolute atomic E-state index is 12.3. The summed E-state index contributed by atoms with van der Waals surface area (Å²) in [7, 11) is 0. The van der Waals surface area contributed by atoms with Crippen molar-refractivity contribution < 1.29 is 34.0 Å². The average Bonchev–Trinajstić information content (AvgIpc) is 3.44. The molecule has 0 bridgehead atoms. The molecule has 2 fully saturated rings. The van der Waals surface area contributed by atoms with Crippen LogP contribution in [0.5, 0.6) is 0 Å². The van der Waals surface area contributed by atoms with E-state index in [4.69, 9.17) is 18.9 Å². The number of hydrogen-bond donors (Lipinski definition) is 2. The Bertz CT molecular complexity index is 545. The van der Waals surface area contributed by atoms with E-state index in [1.807, 2.05) is 0 Å². The first-order valence-electron chi connectivity index (χ1n) is 13.2. The lowest BCUT2D eigenvalue weighted by Crippen LogP contribution is -2.54. The molecular weight excluding hydrogens is 424 g/mol. The Labute approximate surface area is 199 Å². The smallest absolute Gasteiger partial charge is 0.306 e. The number of esters is 1. The van der Waals surface area contributed by atoms with Gasteiger partial charge in [-0.05, 0) is 32.1 Å². The Hall–Kier alpha value is -0.990. The molecule has 0 saturated carbocycles. The quantitative estimate of drug-likeness (QED) is 0.174. The molecule has 33 heavy (non-hydrogen) atoms. The second kappa shape index (κ2) is 16.6. The minimum atomic E-state index is -1.37. The molecule has 2 rings (SSSR count). The van der Waals surface area contributed by atoms with Gasteiger partial charge < -0.3 is 29.2 Å². The lowest BCUT2D eigenvalue weighted by atomic mass is 10.0. The molecule has 2 aliphatic rings. The molecule has 7 nitrogen and oxygen atoms in total. The summed E-state index contributed by atoms with van der Waals surface area (Å²) in [5, 5.41) is 19.9. The van der Waals surface area contributed by atoms with Gasteiger partial charge in [0.1, 0.15) is 12.7 Å². The van der Waals surface area contributed by atoms with E-state index in [1.165, 1.54) is 57.8 Å². The molecule has 2 saturated heterocycles. The zero-order chi connectivity index (χ0) is 23.8. The first kappa shape index (κ1) is 28.2. The molecule has 2 heterocycles. The van der Waals surface area contributed by atoms with Gasteiger partial charge in [-0.25, -0.2) is 0 Å². The molecule has 0 aromatic carbocycles. The summed E-state index contributed by atoms with van der Waals surface area (Å²) in [5.41, 5.74) is 0. The number of rotatable bonds is 18. The van der Waals surface area contributed by atoms with Gasteiger partial charge in [0.2, 0.25) is 5.79 Å². The Morgan fingerprint density at radius 3 is 2.12 bits per heavy atom. The third-order valence-corrected chi connectivity index (χ3v) is 6.46. The van der Waals surface area contributed by atoms with Crippen molar-refractivity contribution in [3.8, 4) is 0 Å². The summed E-state index contributed by atoms with van der Waals surface area (Å²) >= 11 is 0. The van der Waals surface area contributed by atoms with E-state index >= 15 is 0 Å². The third kappa shape index (κ3) is 10.0. The van der Waals surface area contributed by atoms with Crippen LogP contribution in [0.3, 0.4) is 0 Å². The van der Waals surface area contributed by atoms with Crippen molar-refractivity contribution in [2.24, 2.45) is 0 Å². The third-order valence-electron chi connectivity index (χ3n) is 6.46. The maximum atomic E-state index is 12.3. The number of aliphatic hydroxyl groups excluding tert-OH is 2. The van der Waals surface area contributed by atoms with Crippen molar-refractivity contribution in [1.82, 2.24) is 0 Å². The predicted molar refractivity (Wildman–Crippen MR) is 127 cm³/mol. The van der Waals surface area contributed by atoms with Gasteiger partial charge in [0.15, 0.2) is 12.2 Å². The molecule has 2 aliphatic heterocycles. The molecule has 0 aliphatic carbocycles. The summed E-state index contributed by atoms with van der Waals surface area (Å²) in [6.45, 7) is 2.50. The van der Waals surface area contributed by atoms with Crippen LogP contribution in [0.4, 0.5) is 0 Å². The fourth-order valence-corrected chi connectivity index (χ4v) is 4.48. The van der Waals surface area contributed by atoms with Crippen molar-refractivity contribution in [3.63, 3.8) is 0 Å². The lowest BCUT2D eigenvalue weighted by Gasteiger charge is -2.33. The highest BCUT2D eigenvalue weighted by molar-refractivity contribution is 5.69. The predicted octanol–water partition coefficient (Wildman–Crippen LogP) is 4.43. The summed E-state index contributed by atoms with van der Waals surface area (Å²) in [6, 6.07) is 0. The normalized spacial score (nSPS) is 24.6. The van der Waals surface area contributed by atoms with Gasteiger partial charge in [0.05, 0.1) is 19.8 Å². The number of carbonyl (C=O) groups excluding carboxylic acids is 1. The number of aliphatic hydroxyl groups is 2. The van der Waals surface area contributed by atoms with Crippen molar-refractivity contribution >= 4 is 5.97 Å². The maximum Gasteiger partial charge on any atom is 0.306 e. The van der Waals surface area contributed by atoms with Crippen LogP contribution in [-0.2, 0) is 23.7 Å². The summed E-state index contributed by atoms with van der Waals surface area (Å²) < 4.78 is 22.1. The molecule has 0 aromatic rings. The summed E-state index contributed by atoms with van der Waals surface area (Å²) in [4.78, 5) is 12.3. The molecule has 0 amide bonds. The van der Waals surface area contributed by atoms with E-state index in [9.17, 15) is 15.0 Å². The number of hydrogen-bond acceptors (Lipinski definition) is 7. The van der Waals surface area contributed by atoms with Crippen LogP contribution in [0, 0.1) is 0 Å². The van der Waals surface area contributed by atoms with E-state index in [1.54, 1.807) is 0 Å². The van der Waals surface area contributed by atoms with Crippen LogP contribution in [0.2, 0.25) is 0 Å². The van der Waals surface area contributed by atoms with Gasteiger partial charge in [-0.3, -0.25) is 4.79 Å². The molecule has 0 unspecified atom stereocenters. The second-order valence-electron chi connectivity index (χ2n) is 9.28. The number of carbonyl (C=O) groups is 1. The number of unbranched alkanes of at least 4 members (excludes halogenated alkanes) is 11. The largest absolute Gasteiger partial charge is 0.456 e. The first-order chi connectivity index (χ1) is 16.1. The molecule has 0 aromatic heterocycles. The lowest BCUT2D eigenvalue weighted by molar-refractivity contribution is -0.257. The molecule has 7 heteroatoms. The molecule has 0 spiro atoms. The topological polar surface area (TPSA) is 94.5 Å². The van der Waals surface area contributed by atoms with Gasteiger partial charge in [0.25, 0.3) is 0 Å². The van der Waals surface area contributed by atoms with Crippen LogP contribution >= 0.6 is 0 Å². The van der Waals surface area contributed by atoms with Crippen molar-refractivity contribution in [2.75, 3.05) is 26.4 Å². The second-order valence-corrected chi connectivity index (χ2v) is 9.28. The van der Waals surface area contributed by atoms with Crippen molar-refractivity contribution in [2.45, 2.75) is 121 Å². The van der Waals surface area contributed by atoms with E-state index in [-0.39, 0.29) is 12.6 Å². The summed E-state index contributed by atoms with van der Waals surface area (Å²) in [5.74, 6) is -1.73. The monoisotopic (exact) mass is 470 g/mol. The van der Waals surface area contributed by atoms with Crippen molar-refractivity contribution in [3.05, 3.63) is 12.2 Å². The van der Waals surface area contributed by atoms with Gasteiger partial charge in [-0.15, -0.1) is 0 Å². The van der Waals surface area contributed by atoms with E-state index in [2.05, 4.69) is 19.1 Å². The highest BCUT2D eigenvalue weighted by Gasteiger charge is 2.55. The van der Waals surface area contributed by atoms with Gasteiger partial charge in [-0.2, -0.15) is 0 Å². The highest BCUT2D eigenvalue weighted by Crippen LogP contribution is 2.33. The van der Waals surface area contributed by atoms with Crippen LogP contribution in [0.25, 0.3) is 0 Å². The minimum absolute atomic E-state index is 0.0183. The van der Waals surface area contributed by atoms with Gasteiger partial charge in [-0.1, -0.05) is 70.4 Å². The van der Waals surface area contributed by atoms with Gasteiger partial charge in [0, 0.05) is 6.42 Å². The molecule has 192 valence electrons. The molecular formula is C26H46O7. The number of ether oxygens (including phenoxy) is 4.